The summed E-state index contributed by atoms with van der Waals surface area (Å²) in [7, 11) is 0. The summed E-state index contributed by atoms with van der Waals surface area (Å²) in [6.45, 7) is 3.17. The fraction of sp³-hybridized carbons (Fsp3) is 0.606. The molecule has 3 aromatic rings. The smallest absolute Gasteiger partial charge is 0.354 e. The number of nitrogens with two attached hydrogens (primary N) is 2. The van der Waals surface area contributed by atoms with Gasteiger partial charge in [0.2, 0.25) is 0 Å². The number of thioether (sulfide) groups is 1. The summed E-state index contributed by atoms with van der Waals surface area (Å²) in [5.41, 5.74) is 15.3. The number of hydrogen-bond acceptors (Lipinski definition) is 7. The first-order chi connectivity index (χ1) is 20.9. The summed E-state index contributed by atoms with van der Waals surface area (Å²) in [5.74, 6) is 1.62. The number of piperidine rings is 1. The van der Waals surface area contributed by atoms with Crippen LogP contribution in [0.2, 0.25) is 0 Å². The molecule has 3 aliphatic rings. The lowest BCUT2D eigenvalue weighted by Gasteiger charge is -2.34. The predicted octanol–water partition coefficient (Wildman–Crippen LogP) is 5.35. The van der Waals surface area contributed by atoms with Crippen molar-refractivity contribution in [3.8, 4) is 5.69 Å². The number of likely N-dealkylation sites (tertiary alicyclic amines) is 1. The molecule has 3 fully saturated rings. The monoisotopic (exact) mass is 604 g/mol. The van der Waals surface area contributed by atoms with Gasteiger partial charge in [-0.15, -0.1) is 0 Å². The molecule has 9 nitrogen and oxygen atoms in total. The van der Waals surface area contributed by atoms with Gasteiger partial charge in [0.1, 0.15) is 5.65 Å². The van der Waals surface area contributed by atoms with Gasteiger partial charge in [-0.05, 0) is 94.5 Å². The van der Waals surface area contributed by atoms with Gasteiger partial charge in [0.25, 0.3) is 0 Å². The minimum Gasteiger partial charge on any atom is -0.379 e. The number of H-pyrrole nitrogens is 1. The minimum absolute atomic E-state index is 0.188. The van der Waals surface area contributed by atoms with E-state index in [4.69, 9.17) is 16.9 Å². The highest BCUT2D eigenvalue weighted by Crippen LogP contribution is 2.46. The van der Waals surface area contributed by atoms with Crippen molar-refractivity contribution in [1.82, 2.24) is 24.8 Å². The second-order valence-corrected chi connectivity index (χ2v) is 14.2. The summed E-state index contributed by atoms with van der Waals surface area (Å²) >= 11 is 1.41. The molecule has 0 bridgehead atoms. The van der Waals surface area contributed by atoms with Gasteiger partial charge >= 0.3 is 5.69 Å². The van der Waals surface area contributed by atoms with E-state index < -0.39 is 0 Å². The molecule has 0 radical (unpaired) electrons. The van der Waals surface area contributed by atoms with Crippen LogP contribution in [0.4, 0.5) is 0 Å². The van der Waals surface area contributed by atoms with Crippen LogP contribution >= 0.6 is 11.8 Å². The van der Waals surface area contributed by atoms with Crippen LogP contribution in [0, 0.1) is 11.3 Å². The summed E-state index contributed by atoms with van der Waals surface area (Å²) in [4.78, 5) is 24.0. The maximum atomic E-state index is 13.2. The quantitative estimate of drug-likeness (QED) is 0.155. The molecule has 7 N–H and O–H groups in total. The lowest BCUT2D eigenvalue weighted by Crippen LogP contribution is -2.37. The molecule has 1 aliphatic carbocycles. The minimum atomic E-state index is -0.263. The molecule has 0 unspecified atom stereocenters. The SMILES string of the molecule is C[C@H](N)CCCN1[C@H](c2cc3cn(-c4ccc([C@@H]5CCC[C@@H](CCSC(=N)N)N5)cc4)c(=O)nc3[nH]2)C[C@@H]2CCCC[C@@H]21. The van der Waals surface area contributed by atoms with E-state index >= 15 is 0 Å². The fourth-order valence-corrected chi connectivity index (χ4v) is 8.47. The largest absolute Gasteiger partial charge is 0.379 e. The Morgan fingerprint density at radius 3 is 2.77 bits per heavy atom. The molecule has 232 valence electrons. The molecular weight excluding hydrogens is 556 g/mol. The van der Waals surface area contributed by atoms with Crippen molar-refractivity contribution in [2.45, 2.75) is 108 Å². The van der Waals surface area contributed by atoms with E-state index in [1.807, 2.05) is 18.3 Å². The van der Waals surface area contributed by atoms with Crippen molar-refractivity contribution in [2.24, 2.45) is 17.4 Å². The normalized spacial score (nSPS) is 26.9. The highest BCUT2D eigenvalue weighted by atomic mass is 32.2. The Bertz CT molecular complexity index is 1450. The molecule has 6 atom stereocenters. The Hall–Kier alpha value is -2.66. The van der Waals surface area contributed by atoms with Gasteiger partial charge in [0.15, 0.2) is 5.17 Å². The Balaban J connectivity index is 1.18. The molecule has 1 aromatic carbocycles. The van der Waals surface area contributed by atoms with Gasteiger partial charge in [-0.2, -0.15) is 4.98 Å². The number of nitrogens with zero attached hydrogens (tertiary/aromatic N) is 3. The lowest BCUT2D eigenvalue weighted by molar-refractivity contribution is 0.146. The Kier molecular flexibility index (Phi) is 9.57. The molecule has 0 amide bonds. The van der Waals surface area contributed by atoms with Crippen molar-refractivity contribution < 1.29 is 0 Å². The van der Waals surface area contributed by atoms with Gasteiger partial charge in [-0.1, -0.05) is 43.2 Å². The third-order valence-electron chi connectivity index (χ3n) is 9.96. The molecular formula is C33H48N8OS. The molecule has 10 heteroatoms. The molecule has 2 saturated heterocycles. The highest BCUT2D eigenvalue weighted by molar-refractivity contribution is 8.13. The predicted molar refractivity (Wildman–Crippen MR) is 177 cm³/mol. The van der Waals surface area contributed by atoms with Crippen LogP contribution in [-0.2, 0) is 0 Å². The first-order valence-electron chi connectivity index (χ1n) is 16.3. The molecule has 43 heavy (non-hydrogen) atoms. The molecule has 6 rings (SSSR count). The second kappa shape index (κ2) is 13.5. The van der Waals surface area contributed by atoms with E-state index in [1.54, 1.807) is 4.57 Å². The molecule has 2 aliphatic heterocycles. The van der Waals surface area contributed by atoms with E-state index in [9.17, 15) is 4.79 Å². The number of aromatic nitrogens is 3. The van der Waals surface area contributed by atoms with Crippen molar-refractivity contribution >= 4 is 28.0 Å². The van der Waals surface area contributed by atoms with Crippen molar-refractivity contribution in [3.63, 3.8) is 0 Å². The molecule has 4 heterocycles. The van der Waals surface area contributed by atoms with E-state index in [2.05, 4.69) is 45.3 Å². The topological polar surface area (TPSA) is 142 Å². The lowest BCUT2D eigenvalue weighted by atomic mass is 9.84. The van der Waals surface area contributed by atoms with Crippen LogP contribution < -0.4 is 22.5 Å². The average molecular weight is 605 g/mol. The summed E-state index contributed by atoms with van der Waals surface area (Å²) in [6.07, 6.45) is 15.0. The van der Waals surface area contributed by atoms with E-state index in [-0.39, 0.29) is 16.9 Å². The maximum absolute atomic E-state index is 13.2. The molecule has 1 saturated carbocycles. The van der Waals surface area contributed by atoms with Crippen molar-refractivity contribution in [2.75, 3.05) is 12.3 Å². The van der Waals surface area contributed by atoms with Gasteiger partial charge < -0.3 is 21.8 Å². The Morgan fingerprint density at radius 2 is 1.98 bits per heavy atom. The van der Waals surface area contributed by atoms with Crippen LogP contribution in [0.3, 0.4) is 0 Å². The second-order valence-electron chi connectivity index (χ2n) is 13.1. The van der Waals surface area contributed by atoms with Gasteiger partial charge in [0, 0.05) is 47.2 Å². The number of nitrogens with one attached hydrogen (secondary N) is 3. The summed E-state index contributed by atoms with van der Waals surface area (Å²) in [5, 5.41) is 12.4. The van der Waals surface area contributed by atoms with Crippen molar-refractivity contribution in [1.29, 1.82) is 5.41 Å². The van der Waals surface area contributed by atoms with Crippen LogP contribution in [0.15, 0.2) is 41.3 Å². The number of hydrogen-bond donors (Lipinski definition) is 5. The van der Waals surface area contributed by atoms with Crippen LogP contribution in [0.5, 0.6) is 0 Å². The zero-order valence-electron chi connectivity index (χ0n) is 25.4. The number of benzene rings is 1. The van der Waals surface area contributed by atoms with Crippen LogP contribution in [0.1, 0.15) is 101 Å². The van der Waals surface area contributed by atoms with E-state index in [0.717, 1.165) is 61.4 Å². The Morgan fingerprint density at radius 1 is 1.16 bits per heavy atom. The zero-order chi connectivity index (χ0) is 29.9. The average Bonchev–Trinajstić information content (AvgIpc) is 3.57. The van der Waals surface area contributed by atoms with Crippen molar-refractivity contribution in [3.05, 3.63) is 58.3 Å². The maximum Gasteiger partial charge on any atom is 0.354 e. The van der Waals surface area contributed by atoms with Crippen LogP contribution in [-0.4, -0.2) is 55.0 Å². The van der Waals surface area contributed by atoms with Gasteiger partial charge in [-0.3, -0.25) is 14.9 Å². The number of fused-ring (bicyclic) bond motifs is 2. The van der Waals surface area contributed by atoms with E-state index in [0.29, 0.717) is 29.8 Å². The number of aromatic amines is 1. The summed E-state index contributed by atoms with van der Waals surface area (Å²) < 4.78 is 1.68. The number of amidine groups is 1. The third kappa shape index (κ3) is 7.03. The molecule has 2 aromatic heterocycles. The standard InChI is InChI=1S/C33H48N8OS/c1-21(34)6-5-16-40-29-10-3-2-7-23(29)19-30(40)28-18-24-20-41(33(42)39-31(24)38-28)26-13-11-22(12-14-26)27-9-4-8-25(37-27)15-17-43-32(35)36/h11-14,18,20-21,23,25,27,29-30,37H,2-10,15-17,19,34H2,1H3,(H3,35,36)(H,38,39,42)/t21-,23-,25-,27-,29-,30-/m0/s1. The first kappa shape index (κ1) is 30.4. The van der Waals surface area contributed by atoms with Gasteiger partial charge in [0.05, 0.1) is 11.7 Å². The number of rotatable bonds is 10. The fourth-order valence-electron chi connectivity index (χ4n) is 7.84. The highest BCUT2D eigenvalue weighted by Gasteiger charge is 2.42. The molecule has 0 spiro atoms. The van der Waals surface area contributed by atoms with Gasteiger partial charge in [-0.25, -0.2) is 4.79 Å². The van der Waals surface area contributed by atoms with E-state index in [1.165, 1.54) is 61.5 Å². The zero-order valence-corrected chi connectivity index (χ0v) is 26.2. The summed E-state index contributed by atoms with van der Waals surface area (Å²) in [6, 6.07) is 12.5. The Labute approximate surface area is 259 Å². The first-order valence-corrected chi connectivity index (χ1v) is 17.3. The van der Waals surface area contributed by atoms with Crippen LogP contribution in [0.25, 0.3) is 16.7 Å². The third-order valence-corrected chi connectivity index (χ3v) is 10.7.